The number of rotatable bonds is 2. The Morgan fingerprint density at radius 2 is 1.85 bits per heavy atom. The van der Waals surface area contributed by atoms with Crippen molar-refractivity contribution in [1.82, 2.24) is 0 Å². The molecule has 2 aliphatic rings. The van der Waals surface area contributed by atoms with E-state index in [2.05, 4.69) is 47.0 Å². The predicted octanol–water partition coefficient (Wildman–Crippen LogP) is 4.91. The molecule has 0 aromatic rings. The standard InChI is InChI=1S/C17H32O2Si/c1-13-8-9-15-17(4,12-13)11-10-14(16(2,3)18-15)19-20(5,6)7/h14-15H,1,8-12H2,2-7H3/t14-,15-,17-/m1/s1. The zero-order chi connectivity index (χ0) is 15.2. The second-order valence-electron chi connectivity index (χ2n) is 8.59. The molecule has 3 atom stereocenters. The average molecular weight is 297 g/mol. The molecular weight excluding hydrogens is 264 g/mol. The molecule has 1 saturated carbocycles. The first kappa shape index (κ1) is 16.3. The van der Waals surface area contributed by atoms with Gasteiger partial charge in [-0.15, -0.1) is 0 Å². The van der Waals surface area contributed by atoms with Crippen molar-refractivity contribution < 1.29 is 9.16 Å². The fourth-order valence-corrected chi connectivity index (χ4v) is 5.04. The molecule has 2 fully saturated rings. The third-order valence-electron chi connectivity index (χ3n) is 4.89. The summed E-state index contributed by atoms with van der Waals surface area (Å²) in [7, 11) is -1.54. The molecule has 0 aromatic carbocycles. The fraction of sp³-hybridized carbons (Fsp3) is 0.882. The molecular formula is C17H32O2Si. The van der Waals surface area contributed by atoms with Crippen molar-refractivity contribution in [3.63, 3.8) is 0 Å². The van der Waals surface area contributed by atoms with E-state index in [4.69, 9.17) is 9.16 Å². The number of ether oxygens (including phenoxy) is 1. The lowest BCUT2D eigenvalue weighted by atomic mass is 9.69. The van der Waals surface area contributed by atoms with E-state index in [1.807, 2.05) is 0 Å². The fourth-order valence-electron chi connectivity index (χ4n) is 3.79. The van der Waals surface area contributed by atoms with E-state index in [-0.39, 0.29) is 17.1 Å². The highest BCUT2D eigenvalue weighted by molar-refractivity contribution is 6.69. The smallest absolute Gasteiger partial charge is 0.184 e. The van der Waals surface area contributed by atoms with Crippen LogP contribution in [0.3, 0.4) is 0 Å². The summed E-state index contributed by atoms with van der Waals surface area (Å²) in [5, 5.41) is 0. The molecule has 116 valence electrons. The van der Waals surface area contributed by atoms with Crippen molar-refractivity contribution in [2.75, 3.05) is 0 Å². The first-order valence-electron chi connectivity index (χ1n) is 8.04. The Morgan fingerprint density at radius 3 is 2.45 bits per heavy atom. The van der Waals surface area contributed by atoms with Gasteiger partial charge in [-0.25, -0.2) is 0 Å². The van der Waals surface area contributed by atoms with Crippen molar-refractivity contribution in [2.24, 2.45) is 5.41 Å². The van der Waals surface area contributed by atoms with Crippen LogP contribution in [-0.2, 0) is 9.16 Å². The van der Waals surface area contributed by atoms with Crippen LogP contribution in [0.15, 0.2) is 12.2 Å². The predicted molar refractivity (Wildman–Crippen MR) is 87.5 cm³/mol. The van der Waals surface area contributed by atoms with Gasteiger partial charge in [0.15, 0.2) is 8.32 Å². The highest BCUT2D eigenvalue weighted by atomic mass is 28.4. The average Bonchev–Trinajstić information content (AvgIpc) is 2.34. The lowest BCUT2D eigenvalue weighted by Crippen LogP contribution is -2.48. The highest BCUT2D eigenvalue weighted by Crippen LogP contribution is 2.48. The Morgan fingerprint density at radius 1 is 1.20 bits per heavy atom. The molecule has 0 unspecified atom stereocenters. The largest absolute Gasteiger partial charge is 0.412 e. The summed E-state index contributed by atoms with van der Waals surface area (Å²) in [6, 6.07) is 0. The van der Waals surface area contributed by atoms with Gasteiger partial charge < -0.3 is 9.16 Å². The maximum absolute atomic E-state index is 6.57. The molecule has 2 nitrogen and oxygen atoms in total. The summed E-state index contributed by atoms with van der Waals surface area (Å²) in [5.74, 6) is 0. The molecule has 0 radical (unpaired) electrons. The van der Waals surface area contributed by atoms with E-state index in [1.165, 1.54) is 12.0 Å². The number of hydrogen-bond acceptors (Lipinski definition) is 2. The third kappa shape index (κ3) is 3.55. The van der Waals surface area contributed by atoms with Crippen LogP contribution in [-0.4, -0.2) is 26.1 Å². The molecule has 0 bridgehead atoms. The van der Waals surface area contributed by atoms with Crippen LogP contribution < -0.4 is 0 Å². The molecule has 20 heavy (non-hydrogen) atoms. The van der Waals surface area contributed by atoms with Crippen molar-refractivity contribution in [1.29, 1.82) is 0 Å². The second-order valence-corrected chi connectivity index (χ2v) is 13.0. The zero-order valence-corrected chi connectivity index (χ0v) is 15.2. The van der Waals surface area contributed by atoms with E-state index in [9.17, 15) is 0 Å². The monoisotopic (exact) mass is 296 g/mol. The van der Waals surface area contributed by atoms with Crippen molar-refractivity contribution >= 4 is 8.32 Å². The lowest BCUT2D eigenvalue weighted by Gasteiger charge is -2.43. The number of allylic oxidation sites excluding steroid dienone is 1. The second kappa shape index (κ2) is 5.26. The number of fused-ring (bicyclic) bond motifs is 1. The van der Waals surface area contributed by atoms with Gasteiger partial charge in [0.1, 0.15) is 0 Å². The molecule has 1 saturated heterocycles. The topological polar surface area (TPSA) is 18.5 Å². The quantitative estimate of drug-likeness (QED) is 0.532. The van der Waals surface area contributed by atoms with E-state index < -0.39 is 8.32 Å². The molecule has 2 rings (SSSR count). The van der Waals surface area contributed by atoms with Crippen molar-refractivity contribution in [2.45, 2.75) is 90.3 Å². The van der Waals surface area contributed by atoms with E-state index >= 15 is 0 Å². The van der Waals surface area contributed by atoms with E-state index in [1.54, 1.807) is 0 Å². The molecule has 1 heterocycles. The summed E-state index contributed by atoms with van der Waals surface area (Å²) >= 11 is 0. The summed E-state index contributed by atoms with van der Waals surface area (Å²) < 4.78 is 13.0. The van der Waals surface area contributed by atoms with Gasteiger partial charge in [0.25, 0.3) is 0 Å². The van der Waals surface area contributed by atoms with Crippen LogP contribution in [0.5, 0.6) is 0 Å². The van der Waals surface area contributed by atoms with Crippen LogP contribution >= 0.6 is 0 Å². The van der Waals surface area contributed by atoms with Crippen LogP contribution in [0.1, 0.15) is 52.9 Å². The first-order chi connectivity index (χ1) is 9.02. The van der Waals surface area contributed by atoms with Crippen LogP contribution in [0.2, 0.25) is 19.6 Å². The van der Waals surface area contributed by atoms with Gasteiger partial charge in [-0.2, -0.15) is 0 Å². The summed E-state index contributed by atoms with van der Waals surface area (Å²) in [5.41, 5.74) is 1.47. The molecule has 0 amide bonds. The van der Waals surface area contributed by atoms with Gasteiger partial charge in [-0.3, -0.25) is 0 Å². The lowest BCUT2D eigenvalue weighted by molar-refractivity contribution is -0.149. The van der Waals surface area contributed by atoms with Crippen LogP contribution in [0.25, 0.3) is 0 Å². The van der Waals surface area contributed by atoms with Gasteiger partial charge in [0.05, 0.1) is 17.8 Å². The maximum Gasteiger partial charge on any atom is 0.184 e. The van der Waals surface area contributed by atoms with Gasteiger partial charge in [-0.05, 0) is 71.0 Å². The Hall–Kier alpha value is -0.123. The normalized spacial score (nSPS) is 38.2. The first-order valence-corrected chi connectivity index (χ1v) is 11.4. The molecule has 1 aliphatic carbocycles. The maximum atomic E-state index is 6.57. The van der Waals surface area contributed by atoms with Gasteiger partial charge in [0.2, 0.25) is 0 Å². The summed E-state index contributed by atoms with van der Waals surface area (Å²) in [6.07, 6.45) is 6.25. The molecule has 3 heteroatoms. The zero-order valence-electron chi connectivity index (χ0n) is 14.2. The molecule has 0 spiro atoms. The summed E-state index contributed by atoms with van der Waals surface area (Å²) in [4.78, 5) is 0. The molecule has 0 aromatic heterocycles. The van der Waals surface area contributed by atoms with Crippen molar-refractivity contribution in [3.8, 4) is 0 Å². The Bertz CT molecular complexity index is 383. The van der Waals surface area contributed by atoms with Crippen LogP contribution in [0, 0.1) is 5.41 Å². The third-order valence-corrected chi connectivity index (χ3v) is 5.88. The van der Waals surface area contributed by atoms with Crippen molar-refractivity contribution in [3.05, 3.63) is 12.2 Å². The highest BCUT2D eigenvalue weighted by Gasteiger charge is 2.48. The Labute approximate surface area is 126 Å². The number of hydrogen-bond donors (Lipinski definition) is 0. The Kier molecular flexibility index (Phi) is 4.27. The minimum absolute atomic E-state index is 0.179. The van der Waals surface area contributed by atoms with Crippen LogP contribution in [0.4, 0.5) is 0 Å². The minimum Gasteiger partial charge on any atom is -0.412 e. The minimum atomic E-state index is -1.54. The molecule has 0 N–H and O–H groups in total. The summed E-state index contributed by atoms with van der Waals surface area (Å²) in [6.45, 7) is 17.8. The van der Waals surface area contributed by atoms with Gasteiger partial charge in [-0.1, -0.05) is 19.1 Å². The SMILES string of the molecule is C=C1CC[C@H]2OC(C)(C)[C@H](O[Si](C)(C)C)CC[C@]2(C)C1. The van der Waals surface area contributed by atoms with Gasteiger partial charge in [0, 0.05) is 0 Å². The van der Waals surface area contributed by atoms with Gasteiger partial charge >= 0.3 is 0 Å². The van der Waals surface area contributed by atoms with E-state index in [0.29, 0.717) is 6.10 Å². The Balaban J connectivity index is 2.19. The van der Waals surface area contributed by atoms with E-state index in [0.717, 1.165) is 25.7 Å². The molecule has 1 aliphatic heterocycles.